The molecule has 346 valence electrons. The van der Waals surface area contributed by atoms with Crippen molar-refractivity contribution in [3.05, 3.63) is 161 Å². The van der Waals surface area contributed by atoms with Gasteiger partial charge in [-0.05, 0) is 103 Å². The van der Waals surface area contributed by atoms with Gasteiger partial charge in [0.25, 0.3) is 5.91 Å². The summed E-state index contributed by atoms with van der Waals surface area (Å²) >= 11 is 0. The van der Waals surface area contributed by atoms with E-state index in [9.17, 15) is 38.2 Å². The lowest BCUT2D eigenvalue weighted by molar-refractivity contribution is -0.147. The Morgan fingerprint density at radius 3 is 1.99 bits per heavy atom. The van der Waals surface area contributed by atoms with Gasteiger partial charge in [0, 0.05) is 29.2 Å². The Balaban J connectivity index is 1.11. The average Bonchev–Trinajstić information content (AvgIpc) is 3.76. The Morgan fingerprint density at radius 2 is 1.33 bits per heavy atom. The Kier molecular flexibility index (Phi) is 14.4. The molecule has 3 N–H and O–H groups in total. The minimum Gasteiger partial charge on any atom is -0.487 e. The van der Waals surface area contributed by atoms with Crippen molar-refractivity contribution in [2.45, 2.75) is 85.2 Å². The quantitative estimate of drug-likeness (QED) is 0.0592. The van der Waals surface area contributed by atoms with Crippen molar-refractivity contribution in [1.29, 1.82) is 0 Å². The van der Waals surface area contributed by atoms with Crippen molar-refractivity contribution < 1.29 is 56.8 Å². The van der Waals surface area contributed by atoms with E-state index < -0.39 is 35.4 Å². The number of ketones is 1. The van der Waals surface area contributed by atoms with Gasteiger partial charge in [0.05, 0.1) is 22.8 Å². The van der Waals surface area contributed by atoms with Crippen molar-refractivity contribution >= 4 is 45.2 Å². The van der Waals surface area contributed by atoms with Crippen LogP contribution < -0.4 is 19.5 Å². The number of carboxylic acid groups (broad SMARTS) is 2. The lowest BCUT2D eigenvalue weighted by atomic mass is 9.86. The molecule has 1 atom stereocenters. The molecule has 0 aliphatic carbocycles. The van der Waals surface area contributed by atoms with Gasteiger partial charge >= 0.3 is 18.6 Å². The zero-order valence-corrected chi connectivity index (χ0v) is 37.6. The van der Waals surface area contributed by atoms with Gasteiger partial charge in [0.15, 0.2) is 5.78 Å². The highest BCUT2D eigenvalue weighted by molar-refractivity contribution is 6.10. The lowest BCUT2D eigenvalue weighted by Gasteiger charge is -2.26. The minimum absolute atomic E-state index is 0.0117. The molecular formula is C54H51F2NO10. The van der Waals surface area contributed by atoms with E-state index in [0.717, 1.165) is 32.8 Å². The summed E-state index contributed by atoms with van der Waals surface area (Å²) in [5, 5.41) is 25.3. The van der Waals surface area contributed by atoms with E-state index in [1.54, 1.807) is 51.3 Å². The van der Waals surface area contributed by atoms with Crippen LogP contribution in [0.15, 0.2) is 132 Å². The van der Waals surface area contributed by atoms with Gasteiger partial charge in [0.2, 0.25) is 0 Å². The number of benzene rings is 6. The molecule has 7 aromatic rings. The summed E-state index contributed by atoms with van der Waals surface area (Å²) in [5.41, 5.74) is 1.85. The SMILES string of the molecule is CCC(C)(NC(=O)c1cc(-c2ccc(Cc3cc(COc4c(C(=O)CCCC(C)(C)C(=O)O)ccc5ccccc45)co3)cc2)c2ccccc2c1OCc1ccc(OC(F)F)cc1)C(=O)O. The van der Waals surface area contributed by atoms with Gasteiger partial charge in [-0.1, -0.05) is 97.9 Å². The van der Waals surface area contributed by atoms with Crippen LogP contribution in [0.5, 0.6) is 17.2 Å². The minimum atomic E-state index is -2.97. The smallest absolute Gasteiger partial charge is 0.387 e. The average molecular weight is 912 g/mol. The molecule has 1 unspecified atom stereocenters. The van der Waals surface area contributed by atoms with E-state index in [2.05, 4.69) is 10.1 Å². The third kappa shape index (κ3) is 11.1. The number of halogens is 2. The van der Waals surface area contributed by atoms with Crippen LogP contribution in [-0.4, -0.2) is 46.0 Å². The lowest BCUT2D eigenvalue weighted by Crippen LogP contribution is -2.51. The molecule has 7 rings (SSSR count). The molecule has 1 aromatic heterocycles. The van der Waals surface area contributed by atoms with Crippen LogP contribution in [0.2, 0.25) is 0 Å². The first-order chi connectivity index (χ1) is 32.0. The van der Waals surface area contributed by atoms with E-state index >= 15 is 0 Å². The number of amides is 1. The number of alkyl halides is 2. The van der Waals surface area contributed by atoms with Crippen LogP contribution >= 0.6 is 0 Å². The molecule has 0 bridgehead atoms. The van der Waals surface area contributed by atoms with Gasteiger partial charge in [-0.3, -0.25) is 14.4 Å². The molecule has 0 radical (unpaired) electrons. The number of rotatable bonds is 21. The summed E-state index contributed by atoms with van der Waals surface area (Å²) in [4.78, 5) is 51.5. The highest BCUT2D eigenvalue weighted by Gasteiger charge is 2.34. The first-order valence-corrected chi connectivity index (χ1v) is 21.9. The summed E-state index contributed by atoms with van der Waals surface area (Å²) in [5.74, 6) is -1.52. The molecule has 0 aliphatic heterocycles. The predicted molar refractivity (Wildman–Crippen MR) is 250 cm³/mol. The zero-order valence-electron chi connectivity index (χ0n) is 37.6. The largest absolute Gasteiger partial charge is 0.487 e. The summed E-state index contributed by atoms with van der Waals surface area (Å²) in [7, 11) is 0. The van der Waals surface area contributed by atoms with Crippen molar-refractivity contribution in [1.82, 2.24) is 5.32 Å². The number of furan rings is 1. The highest BCUT2D eigenvalue weighted by Crippen LogP contribution is 2.39. The van der Waals surface area contributed by atoms with E-state index in [0.29, 0.717) is 52.8 Å². The van der Waals surface area contributed by atoms with Crippen LogP contribution in [0, 0.1) is 5.41 Å². The van der Waals surface area contributed by atoms with E-state index in [1.165, 1.54) is 19.1 Å². The molecule has 0 aliphatic rings. The monoisotopic (exact) mass is 911 g/mol. The molecule has 1 amide bonds. The second-order valence-electron chi connectivity index (χ2n) is 17.3. The summed E-state index contributed by atoms with van der Waals surface area (Å²) < 4.78 is 48.6. The number of nitrogens with one attached hydrogen (secondary N) is 1. The summed E-state index contributed by atoms with van der Waals surface area (Å²) in [6.45, 7) is 3.55. The van der Waals surface area contributed by atoms with E-state index in [4.69, 9.17) is 13.9 Å². The fourth-order valence-electron chi connectivity index (χ4n) is 7.75. The van der Waals surface area contributed by atoms with Gasteiger partial charge < -0.3 is 34.2 Å². The maximum absolute atomic E-state index is 14.1. The van der Waals surface area contributed by atoms with Crippen molar-refractivity contribution in [3.63, 3.8) is 0 Å². The number of Topliss-reactive ketones (excluding diaryl/α,β-unsaturated/α-hetero) is 1. The molecule has 67 heavy (non-hydrogen) atoms. The number of aliphatic carboxylic acids is 2. The summed E-state index contributed by atoms with van der Waals surface area (Å²) in [6.07, 6.45) is 3.15. The molecule has 11 nitrogen and oxygen atoms in total. The topological polar surface area (TPSA) is 162 Å². The molecule has 0 fully saturated rings. The molecule has 0 saturated heterocycles. The second-order valence-corrected chi connectivity index (χ2v) is 17.3. The number of fused-ring (bicyclic) bond motifs is 2. The maximum Gasteiger partial charge on any atom is 0.387 e. The Morgan fingerprint density at radius 1 is 0.701 bits per heavy atom. The normalized spacial score (nSPS) is 12.5. The van der Waals surface area contributed by atoms with E-state index in [-0.39, 0.29) is 48.9 Å². The molecule has 0 spiro atoms. The molecular weight excluding hydrogens is 861 g/mol. The standard InChI is InChI=1S/C54H51F2NO10/c1-5-54(4,51(62)63)57-49(59)45-29-44(41-13-8-9-14-42(41)48(45)65-30-34-18-23-38(24-19-34)67-52(55)56)37-20-16-33(17-21-37)27-39-28-35(31-64-39)32-66-47-40-12-7-6-11-36(40)22-25-43(47)46(58)15-10-26-53(2,3)50(60)61/h6-9,11-14,16-25,28-29,31,52H,5,10,15,26-27,30,32H2,1-4H3,(H,57,59)(H,60,61)(H,62,63). The van der Waals surface area contributed by atoms with Crippen molar-refractivity contribution in [3.8, 4) is 28.4 Å². The number of ether oxygens (including phenoxy) is 3. The van der Waals surface area contributed by atoms with Crippen LogP contribution in [0.4, 0.5) is 8.78 Å². The van der Waals surface area contributed by atoms with Crippen LogP contribution in [-0.2, 0) is 29.2 Å². The highest BCUT2D eigenvalue weighted by atomic mass is 19.3. The fourth-order valence-corrected chi connectivity index (χ4v) is 7.75. The van der Waals surface area contributed by atoms with Gasteiger partial charge in [-0.2, -0.15) is 8.78 Å². The fraction of sp³-hybridized carbons (Fsp3) is 0.259. The number of carboxylic acids is 2. The molecule has 13 heteroatoms. The Bertz CT molecular complexity index is 2920. The zero-order chi connectivity index (χ0) is 47.9. The van der Waals surface area contributed by atoms with Crippen LogP contribution in [0.3, 0.4) is 0 Å². The number of hydrogen-bond donors (Lipinski definition) is 3. The van der Waals surface area contributed by atoms with Crippen LogP contribution in [0.25, 0.3) is 32.7 Å². The Hall–Kier alpha value is -7.54. The van der Waals surface area contributed by atoms with Gasteiger partial charge in [0.1, 0.15) is 41.8 Å². The number of carbonyl (C=O) groups excluding carboxylic acids is 2. The first kappa shape index (κ1) is 47.4. The predicted octanol–water partition coefficient (Wildman–Crippen LogP) is 12.1. The van der Waals surface area contributed by atoms with Crippen LogP contribution in [0.1, 0.15) is 96.5 Å². The third-order valence-corrected chi connectivity index (χ3v) is 12.0. The third-order valence-electron chi connectivity index (χ3n) is 12.0. The van der Waals surface area contributed by atoms with Crippen molar-refractivity contribution in [2.75, 3.05) is 0 Å². The summed E-state index contributed by atoms with van der Waals surface area (Å²) in [6, 6.07) is 36.0. The van der Waals surface area contributed by atoms with E-state index in [1.807, 2.05) is 84.9 Å². The number of carbonyl (C=O) groups is 4. The van der Waals surface area contributed by atoms with Crippen molar-refractivity contribution in [2.24, 2.45) is 5.41 Å². The molecule has 0 saturated carbocycles. The molecule has 1 heterocycles. The number of hydrogen-bond acceptors (Lipinski definition) is 8. The maximum atomic E-state index is 14.1. The second kappa shape index (κ2) is 20.3. The van der Waals surface area contributed by atoms with Gasteiger partial charge in [-0.15, -0.1) is 0 Å². The van der Waals surface area contributed by atoms with Gasteiger partial charge in [-0.25, -0.2) is 4.79 Å². The first-order valence-electron chi connectivity index (χ1n) is 21.9. The molecule has 6 aromatic carbocycles. The Labute approximate surface area is 386 Å².